The van der Waals surface area contributed by atoms with Crippen LogP contribution in [0, 0.1) is 0 Å². The Bertz CT molecular complexity index is 475. The molecule has 1 aromatic carbocycles. The summed E-state index contributed by atoms with van der Waals surface area (Å²) in [6, 6.07) is 5.74. The largest absolute Gasteiger partial charge is 0.445 e. The summed E-state index contributed by atoms with van der Waals surface area (Å²) >= 11 is 16.5. The standard InChI is InChI=1S/C12H13Cl3N2O2/c13-12(14,15)7-19-11(18)17-10-2-1-9-6-16-4-3-8(9)5-10/h1-2,5,16H,3-4,6-7H2,(H,17,18). The first-order valence-corrected chi connectivity index (χ1v) is 6.90. The van der Waals surface area contributed by atoms with E-state index in [0.29, 0.717) is 5.69 Å². The summed E-state index contributed by atoms with van der Waals surface area (Å²) in [4.78, 5) is 11.5. The number of carbonyl (C=O) groups is 1. The third-order valence-electron chi connectivity index (χ3n) is 2.71. The molecular formula is C12H13Cl3N2O2. The van der Waals surface area contributed by atoms with Gasteiger partial charge in [-0.1, -0.05) is 40.9 Å². The van der Waals surface area contributed by atoms with E-state index in [1.807, 2.05) is 18.2 Å². The minimum Gasteiger partial charge on any atom is -0.445 e. The van der Waals surface area contributed by atoms with Crippen LogP contribution in [-0.2, 0) is 17.7 Å². The maximum Gasteiger partial charge on any atom is 0.411 e. The second-order valence-corrected chi connectivity index (χ2v) is 6.74. The Morgan fingerprint density at radius 1 is 1.37 bits per heavy atom. The number of hydrogen-bond acceptors (Lipinski definition) is 3. The van der Waals surface area contributed by atoms with Gasteiger partial charge in [0.25, 0.3) is 0 Å². The summed E-state index contributed by atoms with van der Waals surface area (Å²) in [5.41, 5.74) is 3.14. The first-order chi connectivity index (χ1) is 8.94. The molecule has 1 amide bonds. The molecule has 0 aromatic heterocycles. The van der Waals surface area contributed by atoms with Crippen LogP contribution in [0.25, 0.3) is 0 Å². The van der Waals surface area contributed by atoms with Crippen molar-refractivity contribution in [2.75, 3.05) is 18.5 Å². The molecule has 0 saturated heterocycles. The molecule has 0 unspecified atom stereocenters. The summed E-state index contributed by atoms with van der Waals surface area (Å²) in [7, 11) is 0. The van der Waals surface area contributed by atoms with Crippen LogP contribution in [0.5, 0.6) is 0 Å². The van der Waals surface area contributed by atoms with Crippen molar-refractivity contribution in [1.29, 1.82) is 0 Å². The van der Waals surface area contributed by atoms with Crippen LogP contribution in [-0.4, -0.2) is 23.0 Å². The first-order valence-electron chi connectivity index (χ1n) is 5.77. The van der Waals surface area contributed by atoms with Gasteiger partial charge in [-0.15, -0.1) is 0 Å². The molecule has 2 N–H and O–H groups in total. The van der Waals surface area contributed by atoms with E-state index in [2.05, 4.69) is 10.6 Å². The molecule has 2 rings (SSSR count). The maximum atomic E-state index is 11.5. The Morgan fingerprint density at radius 3 is 2.89 bits per heavy atom. The number of benzene rings is 1. The molecular weight excluding hydrogens is 311 g/mol. The van der Waals surface area contributed by atoms with Crippen molar-refractivity contribution >= 4 is 46.6 Å². The van der Waals surface area contributed by atoms with Gasteiger partial charge in [-0.25, -0.2) is 4.79 Å². The fourth-order valence-corrected chi connectivity index (χ4v) is 2.02. The summed E-state index contributed by atoms with van der Waals surface area (Å²) < 4.78 is 3.20. The Hall–Kier alpha value is -0.680. The molecule has 0 radical (unpaired) electrons. The van der Waals surface area contributed by atoms with Crippen molar-refractivity contribution < 1.29 is 9.53 Å². The number of halogens is 3. The highest BCUT2D eigenvalue weighted by Crippen LogP contribution is 2.26. The molecule has 4 nitrogen and oxygen atoms in total. The highest BCUT2D eigenvalue weighted by Gasteiger charge is 2.22. The van der Waals surface area contributed by atoms with E-state index in [1.165, 1.54) is 11.1 Å². The molecule has 1 aliphatic rings. The summed E-state index contributed by atoms with van der Waals surface area (Å²) in [5, 5.41) is 5.89. The van der Waals surface area contributed by atoms with Gasteiger partial charge in [-0.05, 0) is 36.2 Å². The Kier molecular flexibility index (Phi) is 4.79. The van der Waals surface area contributed by atoms with Crippen molar-refractivity contribution in [3.63, 3.8) is 0 Å². The van der Waals surface area contributed by atoms with Gasteiger partial charge in [0, 0.05) is 12.2 Å². The maximum absolute atomic E-state index is 11.5. The monoisotopic (exact) mass is 322 g/mol. The van der Waals surface area contributed by atoms with Gasteiger partial charge in [0.05, 0.1) is 0 Å². The number of fused-ring (bicyclic) bond motifs is 1. The fraction of sp³-hybridized carbons (Fsp3) is 0.417. The van der Waals surface area contributed by atoms with Gasteiger partial charge in [0.15, 0.2) is 0 Å². The molecule has 0 bridgehead atoms. The van der Waals surface area contributed by atoms with Crippen LogP contribution in [0.1, 0.15) is 11.1 Å². The van der Waals surface area contributed by atoms with Gasteiger partial charge < -0.3 is 10.1 Å². The molecule has 19 heavy (non-hydrogen) atoms. The molecule has 0 saturated carbocycles. The molecule has 0 spiro atoms. The molecule has 0 fully saturated rings. The van der Waals surface area contributed by atoms with Crippen molar-refractivity contribution in [2.24, 2.45) is 0 Å². The van der Waals surface area contributed by atoms with Crippen LogP contribution in [0.4, 0.5) is 10.5 Å². The SMILES string of the molecule is O=C(Nc1ccc2c(c1)CCNC2)OCC(Cl)(Cl)Cl. The van der Waals surface area contributed by atoms with Crippen LogP contribution < -0.4 is 10.6 Å². The number of anilines is 1. The highest BCUT2D eigenvalue weighted by atomic mass is 35.6. The van der Waals surface area contributed by atoms with E-state index in [-0.39, 0.29) is 6.61 Å². The van der Waals surface area contributed by atoms with E-state index < -0.39 is 9.89 Å². The molecule has 1 aliphatic heterocycles. The lowest BCUT2D eigenvalue weighted by Gasteiger charge is -2.18. The molecule has 0 aliphatic carbocycles. The van der Waals surface area contributed by atoms with Crippen molar-refractivity contribution in [3.8, 4) is 0 Å². The molecule has 1 aromatic rings. The van der Waals surface area contributed by atoms with Crippen molar-refractivity contribution in [3.05, 3.63) is 29.3 Å². The average molecular weight is 324 g/mol. The second kappa shape index (κ2) is 6.18. The Labute approximate surface area is 126 Å². The van der Waals surface area contributed by atoms with Crippen LogP contribution in [0.3, 0.4) is 0 Å². The van der Waals surface area contributed by atoms with E-state index in [4.69, 9.17) is 39.5 Å². The number of alkyl halides is 3. The van der Waals surface area contributed by atoms with Gasteiger partial charge in [-0.2, -0.15) is 0 Å². The van der Waals surface area contributed by atoms with Crippen LogP contribution in [0.15, 0.2) is 18.2 Å². The molecule has 0 atom stereocenters. The zero-order valence-corrected chi connectivity index (χ0v) is 12.3. The number of nitrogens with one attached hydrogen (secondary N) is 2. The smallest absolute Gasteiger partial charge is 0.411 e. The number of ether oxygens (including phenoxy) is 1. The first kappa shape index (κ1) is 14.7. The molecule has 7 heteroatoms. The van der Waals surface area contributed by atoms with Gasteiger partial charge >= 0.3 is 6.09 Å². The highest BCUT2D eigenvalue weighted by molar-refractivity contribution is 6.67. The topological polar surface area (TPSA) is 50.4 Å². The lowest BCUT2D eigenvalue weighted by atomic mass is 10.0. The summed E-state index contributed by atoms with van der Waals surface area (Å²) in [6.45, 7) is 1.50. The van der Waals surface area contributed by atoms with Gasteiger partial charge in [0.2, 0.25) is 3.79 Å². The minimum absolute atomic E-state index is 0.293. The Morgan fingerprint density at radius 2 is 2.16 bits per heavy atom. The third kappa shape index (κ3) is 4.73. The molecule has 104 valence electrons. The van der Waals surface area contributed by atoms with Crippen LogP contribution >= 0.6 is 34.8 Å². The second-order valence-electron chi connectivity index (χ2n) is 4.23. The van der Waals surface area contributed by atoms with Crippen molar-refractivity contribution in [2.45, 2.75) is 16.8 Å². The van der Waals surface area contributed by atoms with Gasteiger partial charge in [-0.3, -0.25) is 5.32 Å². The molecule has 1 heterocycles. The summed E-state index contributed by atoms with van der Waals surface area (Å²) in [5.74, 6) is 0. The summed E-state index contributed by atoms with van der Waals surface area (Å²) in [6.07, 6.45) is 0.300. The van der Waals surface area contributed by atoms with E-state index in [0.717, 1.165) is 19.5 Å². The van der Waals surface area contributed by atoms with E-state index in [1.54, 1.807) is 0 Å². The number of carbonyl (C=O) groups excluding carboxylic acids is 1. The van der Waals surface area contributed by atoms with E-state index in [9.17, 15) is 4.79 Å². The van der Waals surface area contributed by atoms with Crippen molar-refractivity contribution in [1.82, 2.24) is 5.32 Å². The normalized spacial score (nSPS) is 14.7. The average Bonchev–Trinajstić information content (AvgIpc) is 2.35. The van der Waals surface area contributed by atoms with Crippen LogP contribution in [0.2, 0.25) is 0 Å². The predicted molar refractivity (Wildman–Crippen MR) is 77.1 cm³/mol. The third-order valence-corrected chi connectivity index (χ3v) is 3.03. The number of rotatable bonds is 2. The van der Waals surface area contributed by atoms with Gasteiger partial charge in [0.1, 0.15) is 6.61 Å². The zero-order chi connectivity index (χ0) is 13.9. The minimum atomic E-state index is -1.60. The lowest BCUT2D eigenvalue weighted by molar-refractivity contribution is 0.164. The fourth-order valence-electron chi connectivity index (χ4n) is 1.86. The quantitative estimate of drug-likeness (QED) is 0.821. The number of amides is 1. The number of hydrogen-bond donors (Lipinski definition) is 2. The van der Waals surface area contributed by atoms with E-state index >= 15 is 0 Å². The lowest BCUT2D eigenvalue weighted by Crippen LogP contribution is -2.24. The Balaban J connectivity index is 1.94. The zero-order valence-electron chi connectivity index (χ0n) is 10.0. The predicted octanol–water partition coefficient (Wildman–Crippen LogP) is 3.25.